The minimum Gasteiger partial charge on any atom is -0.479 e. The molecule has 0 unspecified atom stereocenters. The molecule has 0 aliphatic rings. The zero-order valence-corrected chi connectivity index (χ0v) is 11.6. The van der Waals surface area contributed by atoms with E-state index in [1.165, 1.54) is 5.51 Å². The number of aliphatic carboxylic acids is 1. The number of carboxylic acid groups (broad SMARTS) is 1. The quantitative estimate of drug-likeness (QED) is 0.908. The number of aryl methyl sites for hydroxylation is 1. The van der Waals surface area contributed by atoms with Crippen LogP contribution in [0.1, 0.15) is 27.0 Å². The van der Waals surface area contributed by atoms with Crippen LogP contribution >= 0.6 is 11.3 Å². The molecule has 1 aromatic carbocycles. The van der Waals surface area contributed by atoms with Crippen molar-refractivity contribution in [1.29, 1.82) is 0 Å². The van der Waals surface area contributed by atoms with Crippen molar-refractivity contribution >= 4 is 23.2 Å². The van der Waals surface area contributed by atoms with E-state index in [1.54, 1.807) is 6.92 Å². The van der Waals surface area contributed by atoms with Gasteiger partial charge < -0.3 is 10.4 Å². The van der Waals surface area contributed by atoms with Gasteiger partial charge in [-0.15, -0.1) is 11.3 Å². The van der Waals surface area contributed by atoms with Crippen molar-refractivity contribution in [3.63, 3.8) is 0 Å². The molecule has 0 bridgehead atoms. The highest BCUT2D eigenvalue weighted by molar-refractivity contribution is 7.11. The van der Waals surface area contributed by atoms with Crippen LogP contribution in [0.2, 0.25) is 0 Å². The molecule has 1 atom stereocenters. The molecular weight excluding hydrogens is 302 g/mol. The number of benzene rings is 1. The Morgan fingerprint density at radius 2 is 2.05 bits per heavy atom. The molecule has 1 amide bonds. The summed E-state index contributed by atoms with van der Waals surface area (Å²) in [4.78, 5) is 27.4. The molecule has 2 aromatic rings. The Bertz CT molecular complexity index is 702. The Hall–Kier alpha value is -2.35. The average Bonchev–Trinajstić information content (AvgIpc) is 2.85. The minimum atomic E-state index is -1.48. The lowest BCUT2D eigenvalue weighted by Crippen LogP contribution is -2.33. The van der Waals surface area contributed by atoms with E-state index >= 15 is 0 Å². The predicted octanol–water partition coefficient (Wildman–Crippen LogP) is 2.29. The summed E-state index contributed by atoms with van der Waals surface area (Å²) in [7, 11) is 0. The Labute approximate surface area is 122 Å². The topological polar surface area (TPSA) is 79.3 Å². The highest BCUT2D eigenvalue weighted by Gasteiger charge is 2.25. The fourth-order valence-electron chi connectivity index (χ4n) is 1.70. The molecule has 0 aliphatic carbocycles. The third-order valence-electron chi connectivity index (χ3n) is 2.75. The number of aromatic nitrogens is 1. The Kier molecular flexibility index (Phi) is 4.27. The third kappa shape index (κ3) is 3.22. The second kappa shape index (κ2) is 5.96. The highest BCUT2D eigenvalue weighted by atomic mass is 32.1. The summed E-state index contributed by atoms with van der Waals surface area (Å²) >= 11 is 1.06. The Morgan fingerprint density at radius 1 is 1.33 bits per heavy atom. The van der Waals surface area contributed by atoms with Gasteiger partial charge >= 0.3 is 5.97 Å². The Balaban J connectivity index is 2.28. The van der Waals surface area contributed by atoms with Gasteiger partial charge in [0.05, 0.1) is 11.2 Å². The summed E-state index contributed by atoms with van der Waals surface area (Å²) in [6.07, 6.45) is 0. The van der Waals surface area contributed by atoms with Crippen molar-refractivity contribution in [3.05, 3.63) is 51.5 Å². The molecule has 0 saturated heterocycles. The minimum absolute atomic E-state index is 0.0584. The molecule has 1 heterocycles. The van der Waals surface area contributed by atoms with Crippen LogP contribution in [0.15, 0.2) is 23.7 Å². The summed E-state index contributed by atoms with van der Waals surface area (Å²) in [5, 5.41) is 11.4. The van der Waals surface area contributed by atoms with Gasteiger partial charge in [-0.2, -0.15) is 0 Å². The van der Waals surface area contributed by atoms with Crippen molar-refractivity contribution in [2.45, 2.75) is 13.0 Å². The molecule has 110 valence electrons. The van der Waals surface area contributed by atoms with Crippen LogP contribution in [-0.2, 0) is 4.79 Å². The largest absolute Gasteiger partial charge is 0.479 e. The standard InChI is InChI=1S/C13H10F2N2O3S/c1-6-11(21-5-16-6)12(18)17-10(13(19)20)7-2-3-8(14)9(15)4-7/h2-5,10H,1H3,(H,17,18)(H,19,20)/t10-/m1/s1. The van der Waals surface area contributed by atoms with E-state index < -0.39 is 29.6 Å². The first-order valence-electron chi connectivity index (χ1n) is 5.79. The molecule has 2 rings (SSSR count). The van der Waals surface area contributed by atoms with Gasteiger partial charge in [-0.25, -0.2) is 18.6 Å². The second-order valence-corrected chi connectivity index (χ2v) is 5.04. The number of rotatable bonds is 4. The first kappa shape index (κ1) is 15.0. The smallest absolute Gasteiger partial charge is 0.330 e. The van der Waals surface area contributed by atoms with E-state index in [2.05, 4.69) is 10.3 Å². The zero-order valence-electron chi connectivity index (χ0n) is 10.8. The van der Waals surface area contributed by atoms with Crippen LogP contribution in [0, 0.1) is 18.6 Å². The van der Waals surface area contributed by atoms with Gasteiger partial charge in [0.15, 0.2) is 17.7 Å². The molecule has 0 saturated carbocycles. The number of hydrogen-bond donors (Lipinski definition) is 2. The van der Waals surface area contributed by atoms with Gasteiger partial charge in [0.25, 0.3) is 5.91 Å². The summed E-state index contributed by atoms with van der Waals surface area (Å²) in [6, 6.07) is 1.18. The molecule has 8 heteroatoms. The van der Waals surface area contributed by atoms with E-state index in [-0.39, 0.29) is 10.4 Å². The maximum absolute atomic E-state index is 13.2. The van der Waals surface area contributed by atoms with Crippen molar-refractivity contribution in [2.75, 3.05) is 0 Å². The lowest BCUT2D eigenvalue weighted by molar-refractivity contribution is -0.139. The van der Waals surface area contributed by atoms with Crippen LogP contribution in [-0.4, -0.2) is 22.0 Å². The van der Waals surface area contributed by atoms with Crippen LogP contribution < -0.4 is 5.32 Å². The van der Waals surface area contributed by atoms with Gasteiger partial charge in [0, 0.05) is 0 Å². The van der Waals surface area contributed by atoms with Crippen molar-refractivity contribution in [3.8, 4) is 0 Å². The monoisotopic (exact) mass is 312 g/mol. The number of thiazole rings is 1. The van der Waals surface area contributed by atoms with Crippen molar-refractivity contribution in [1.82, 2.24) is 10.3 Å². The summed E-state index contributed by atoms with van der Waals surface area (Å²) in [5.74, 6) is -4.28. The number of hydrogen-bond acceptors (Lipinski definition) is 4. The van der Waals surface area contributed by atoms with Gasteiger partial charge in [-0.05, 0) is 24.6 Å². The summed E-state index contributed by atoms with van der Waals surface area (Å²) < 4.78 is 26.1. The van der Waals surface area contributed by atoms with E-state index in [4.69, 9.17) is 5.11 Å². The van der Waals surface area contributed by atoms with E-state index in [9.17, 15) is 18.4 Å². The lowest BCUT2D eigenvalue weighted by Gasteiger charge is -2.14. The molecule has 0 radical (unpaired) electrons. The number of nitrogens with zero attached hydrogens (tertiary/aromatic N) is 1. The fraction of sp³-hybridized carbons (Fsp3) is 0.154. The number of carbonyl (C=O) groups excluding carboxylic acids is 1. The van der Waals surface area contributed by atoms with Gasteiger partial charge in [-0.3, -0.25) is 4.79 Å². The molecule has 1 aromatic heterocycles. The lowest BCUT2D eigenvalue weighted by atomic mass is 10.1. The van der Waals surface area contributed by atoms with Gasteiger partial charge in [0.1, 0.15) is 4.88 Å². The summed E-state index contributed by atoms with van der Waals surface area (Å²) in [5.41, 5.74) is 1.86. The maximum Gasteiger partial charge on any atom is 0.330 e. The van der Waals surface area contributed by atoms with E-state index in [0.717, 1.165) is 29.5 Å². The molecule has 0 aliphatic heterocycles. The molecule has 21 heavy (non-hydrogen) atoms. The number of carboxylic acids is 1. The zero-order chi connectivity index (χ0) is 15.6. The van der Waals surface area contributed by atoms with Gasteiger partial charge in [-0.1, -0.05) is 6.07 Å². The highest BCUT2D eigenvalue weighted by Crippen LogP contribution is 2.19. The first-order valence-corrected chi connectivity index (χ1v) is 6.67. The normalized spacial score (nSPS) is 12.0. The predicted molar refractivity (Wildman–Crippen MR) is 71.1 cm³/mol. The van der Waals surface area contributed by atoms with Crippen LogP contribution in [0.4, 0.5) is 8.78 Å². The number of amides is 1. The van der Waals surface area contributed by atoms with Crippen LogP contribution in [0.3, 0.4) is 0 Å². The maximum atomic E-state index is 13.2. The van der Waals surface area contributed by atoms with Crippen molar-refractivity contribution < 1.29 is 23.5 Å². The van der Waals surface area contributed by atoms with Crippen molar-refractivity contribution in [2.24, 2.45) is 0 Å². The van der Waals surface area contributed by atoms with E-state index in [1.807, 2.05) is 0 Å². The third-order valence-corrected chi connectivity index (χ3v) is 3.68. The van der Waals surface area contributed by atoms with E-state index in [0.29, 0.717) is 5.69 Å². The van der Waals surface area contributed by atoms with Crippen LogP contribution in [0.5, 0.6) is 0 Å². The number of nitrogens with one attached hydrogen (secondary N) is 1. The second-order valence-electron chi connectivity index (χ2n) is 4.19. The van der Waals surface area contributed by atoms with Gasteiger partial charge in [0.2, 0.25) is 0 Å². The Morgan fingerprint density at radius 3 is 2.57 bits per heavy atom. The number of halogens is 2. The molecule has 0 spiro atoms. The fourth-order valence-corrected chi connectivity index (χ4v) is 2.40. The molecular formula is C13H10F2N2O3S. The SMILES string of the molecule is Cc1ncsc1C(=O)N[C@@H](C(=O)O)c1ccc(F)c(F)c1. The molecule has 0 fully saturated rings. The molecule has 5 nitrogen and oxygen atoms in total. The average molecular weight is 312 g/mol. The van der Waals surface area contributed by atoms with Crippen LogP contribution in [0.25, 0.3) is 0 Å². The number of carbonyl (C=O) groups is 2. The summed E-state index contributed by atoms with van der Waals surface area (Å²) in [6.45, 7) is 1.61. The first-order chi connectivity index (χ1) is 9.90. The molecule has 2 N–H and O–H groups in total.